The van der Waals surface area contributed by atoms with E-state index in [9.17, 15) is 4.79 Å². The van der Waals surface area contributed by atoms with E-state index in [0.29, 0.717) is 11.3 Å². The van der Waals surface area contributed by atoms with Crippen molar-refractivity contribution >= 4 is 16.8 Å². The number of primary amides is 1. The molecule has 0 bridgehead atoms. The first kappa shape index (κ1) is 9.45. The Morgan fingerprint density at radius 1 is 1.47 bits per heavy atom. The molecule has 1 radical (unpaired) electrons. The summed E-state index contributed by atoms with van der Waals surface area (Å²) in [6, 6.07) is 9.72. The molecule has 2 N–H and O–H groups in total. The summed E-state index contributed by atoms with van der Waals surface area (Å²) in [7, 11) is 1.58. The highest BCUT2D eigenvalue weighted by Gasteiger charge is 2.06. The highest BCUT2D eigenvalue weighted by molar-refractivity contribution is 5.94. The van der Waals surface area contributed by atoms with Crippen molar-refractivity contribution < 1.29 is 9.53 Å². The number of aromatic nitrogens is 1. The van der Waals surface area contributed by atoms with Crippen LogP contribution in [-0.2, 0) is 0 Å². The zero-order chi connectivity index (χ0) is 10.8. The number of fused-ring (bicyclic) bond motifs is 1. The van der Waals surface area contributed by atoms with Crippen LogP contribution in [0.4, 0.5) is 0 Å². The van der Waals surface area contributed by atoms with E-state index in [0.717, 1.165) is 5.39 Å². The van der Waals surface area contributed by atoms with Gasteiger partial charge in [0.05, 0.1) is 12.6 Å². The Labute approximate surface area is 86.7 Å². The number of benzene rings is 1. The van der Waals surface area contributed by atoms with Crippen LogP contribution in [0, 0.1) is 6.07 Å². The van der Waals surface area contributed by atoms with Gasteiger partial charge in [0.1, 0.15) is 11.4 Å². The topological polar surface area (TPSA) is 65.2 Å². The Balaban J connectivity index is 2.69. The molecule has 75 valence electrons. The fourth-order valence-corrected chi connectivity index (χ4v) is 1.37. The molecule has 2 rings (SSSR count). The minimum absolute atomic E-state index is 0.229. The molecule has 0 saturated heterocycles. The quantitative estimate of drug-likeness (QED) is 0.792. The molecule has 0 spiro atoms. The van der Waals surface area contributed by atoms with Crippen molar-refractivity contribution in [3.63, 3.8) is 0 Å². The molecule has 0 saturated carbocycles. The van der Waals surface area contributed by atoms with E-state index in [4.69, 9.17) is 10.5 Å². The highest BCUT2D eigenvalue weighted by atomic mass is 16.5. The van der Waals surface area contributed by atoms with Gasteiger partial charge >= 0.3 is 0 Å². The average Bonchev–Trinajstić information content (AvgIpc) is 2.27. The van der Waals surface area contributed by atoms with Crippen LogP contribution >= 0.6 is 0 Å². The zero-order valence-electron chi connectivity index (χ0n) is 8.15. The van der Waals surface area contributed by atoms with Crippen molar-refractivity contribution in [1.82, 2.24) is 4.98 Å². The zero-order valence-corrected chi connectivity index (χ0v) is 8.15. The van der Waals surface area contributed by atoms with Gasteiger partial charge in [-0.1, -0.05) is 0 Å². The summed E-state index contributed by atoms with van der Waals surface area (Å²) in [5.74, 6) is 0.153. The second-order valence-corrected chi connectivity index (χ2v) is 3.00. The molecule has 15 heavy (non-hydrogen) atoms. The van der Waals surface area contributed by atoms with E-state index in [1.807, 2.05) is 0 Å². The molecule has 0 aliphatic rings. The predicted octanol–water partition coefficient (Wildman–Crippen LogP) is 1.14. The largest absolute Gasteiger partial charge is 0.496 e. The van der Waals surface area contributed by atoms with Crippen molar-refractivity contribution in [3.8, 4) is 5.75 Å². The normalized spacial score (nSPS) is 10.2. The Hall–Kier alpha value is -2.10. The SMILES string of the molecule is COc1cc[c]c2nc(C(N)=O)ccc12. The van der Waals surface area contributed by atoms with Crippen LogP contribution in [0.2, 0.25) is 0 Å². The molecule has 0 atom stereocenters. The molecule has 4 nitrogen and oxygen atoms in total. The van der Waals surface area contributed by atoms with Crippen molar-refractivity contribution in [2.75, 3.05) is 7.11 Å². The maximum Gasteiger partial charge on any atom is 0.267 e. The standard InChI is InChI=1S/C11H9N2O2/c1-15-10-4-2-3-8-7(10)5-6-9(13-8)11(12)14/h2,4-6H,1H3,(H2,12,14). The van der Waals surface area contributed by atoms with Crippen LogP contribution in [0.15, 0.2) is 24.3 Å². The maximum absolute atomic E-state index is 10.9. The molecular formula is C11H9N2O2. The van der Waals surface area contributed by atoms with E-state index in [1.165, 1.54) is 0 Å². The van der Waals surface area contributed by atoms with Crippen LogP contribution in [0.1, 0.15) is 10.5 Å². The molecule has 1 amide bonds. The van der Waals surface area contributed by atoms with Gasteiger partial charge in [-0.3, -0.25) is 4.79 Å². The number of nitrogens with zero attached hydrogens (tertiary/aromatic N) is 1. The van der Waals surface area contributed by atoms with Gasteiger partial charge in [-0.05, 0) is 24.3 Å². The first-order valence-corrected chi connectivity index (χ1v) is 4.37. The lowest BCUT2D eigenvalue weighted by Gasteiger charge is -2.04. The van der Waals surface area contributed by atoms with Crippen LogP contribution in [-0.4, -0.2) is 18.0 Å². The highest BCUT2D eigenvalue weighted by Crippen LogP contribution is 2.23. The molecule has 1 aromatic heterocycles. The van der Waals surface area contributed by atoms with Gasteiger partial charge in [0.15, 0.2) is 0 Å². The monoisotopic (exact) mass is 201 g/mol. The molecular weight excluding hydrogens is 192 g/mol. The van der Waals surface area contributed by atoms with Gasteiger partial charge < -0.3 is 10.5 Å². The van der Waals surface area contributed by atoms with Crippen LogP contribution in [0.25, 0.3) is 10.9 Å². The average molecular weight is 201 g/mol. The third kappa shape index (κ3) is 1.61. The summed E-state index contributed by atoms with van der Waals surface area (Å²) < 4.78 is 5.15. The molecule has 0 aliphatic heterocycles. The van der Waals surface area contributed by atoms with E-state index in [-0.39, 0.29) is 5.69 Å². The van der Waals surface area contributed by atoms with Gasteiger partial charge in [-0.15, -0.1) is 0 Å². The summed E-state index contributed by atoms with van der Waals surface area (Å²) in [6.07, 6.45) is 0. The van der Waals surface area contributed by atoms with Crippen LogP contribution < -0.4 is 10.5 Å². The Kier molecular flexibility index (Phi) is 2.25. The lowest BCUT2D eigenvalue weighted by Crippen LogP contribution is -2.12. The van der Waals surface area contributed by atoms with Crippen molar-refractivity contribution in [3.05, 3.63) is 36.0 Å². The van der Waals surface area contributed by atoms with Crippen molar-refractivity contribution in [2.24, 2.45) is 5.73 Å². The van der Waals surface area contributed by atoms with Gasteiger partial charge in [0.2, 0.25) is 0 Å². The molecule has 2 aromatic rings. The first-order chi connectivity index (χ1) is 7.22. The lowest BCUT2D eigenvalue weighted by atomic mass is 10.2. The third-order valence-electron chi connectivity index (χ3n) is 2.09. The Bertz CT molecular complexity index is 523. The number of amides is 1. The lowest BCUT2D eigenvalue weighted by molar-refractivity contribution is 0.0996. The number of nitrogens with two attached hydrogens (primary N) is 1. The molecule has 0 aliphatic carbocycles. The van der Waals surface area contributed by atoms with E-state index >= 15 is 0 Å². The van der Waals surface area contributed by atoms with Crippen molar-refractivity contribution in [2.45, 2.75) is 0 Å². The Morgan fingerprint density at radius 3 is 2.93 bits per heavy atom. The van der Waals surface area contributed by atoms with Gasteiger partial charge in [0.25, 0.3) is 5.91 Å². The summed E-state index contributed by atoms with van der Waals surface area (Å²) in [6.45, 7) is 0. The number of hydrogen-bond acceptors (Lipinski definition) is 3. The third-order valence-corrected chi connectivity index (χ3v) is 2.09. The fraction of sp³-hybridized carbons (Fsp3) is 0.0909. The van der Waals surface area contributed by atoms with E-state index in [2.05, 4.69) is 11.1 Å². The minimum Gasteiger partial charge on any atom is -0.496 e. The number of methoxy groups -OCH3 is 1. The van der Waals surface area contributed by atoms with Gasteiger partial charge in [-0.25, -0.2) is 4.98 Å². The number of carbonyl (C=O) groups excluding carboxylic acids is 1. The second-order valence-electron chi connectivity index (χ2n) is 3.00. The predicted molar refractivity (Wildman–Crippen MR) is 55.6 cm³/mol. The summed E-state index contributed by atoms with van der Waals surface area (Å²) in [4.78, 5) is 15.0. The Morgan fingerprint density at radius 2 is 2.27 bits per heavy atom. The number of pyridine rings is 1. The molecule has 1 aromatic carbocycles. The number of hydrogen-bond donors (Lipinski definition) is 1. The summed E-state index contributed by atoms with van der Waals surface area (Å²) in [5.41, 5.74) is 5.93. The van der Waals surface area contributed by atoms with Crippen molar-refractivity contribution in [1.29, 1.82) is 0 Å². The number of ether oxygens (including phenoxy) is 1. The smallest absolute Gasteiger partial charge is 0.267 e. The van der Waals surface area contributed by atoms with Crippen LogP contribution in [0.5, 0.6) is 5.75 Å². The molecule has 0 fully saturated rings. The maximum atomic E-state index is 10.9. The van der Waals surface area contributed by atoms with E-state index < -0.39 is 5.91 Å². The number of carbonyl (C=O) groups is 1. The fourth-order valence-electron chi connectivity index (χ4n) is 1.37. The molecule has 1 heterocycles. The molecule has 4 heteroatoms. The number of rotatable bonds is 2. The summed E-state index contributed by atoms with van der Waals surface area (Å²) in [5, 5.41) is 0.810. The van der Waals surface area contributed by atoms with Gasteiger partial charge in [0, 0.05) is 11.5 Å². The molecule has 0 unspecified atom stereocenters. The summed E-state index contributed by atoms with van der Waals surface area (Å²) >= 11 is 0. The van der Waals surface area contributed by atoms with E-state index in [1.54, 1.807) is 31.4 Å². The van der Waals surface area contributed by atoms with Crippen LogP contribution in [0.3, 0.4) is 0 Å². The van der Waals surface area contributed by atoms with Gasteiger partial charge in [-0.2, -0.15) is 0 Å². The second kappa shape index (κ2) is 3.57. The first-order valence-electron chi connectivity index (χ1n) is 4.37. The minimum atomic E-state index is -0.548.